The fourth-order valence-corrected chi connectivity index (χ4v) is 9.41. The number of aliphatic carboxylic acids is 1. The van der Waals surface area contributed by atoms with Gasteiger partial charge in [-0.25, -0.2) is 4.79 Å². The van der Waals surface area contributed by atoms with Crippen LogP contribution in [0.4, 0.5) is 0 Å². The van der Waals surface area contributed by atoms with Crippen molar-refractivity contribution >= 4 is 23.9 Å². The third-order valence-electron chi connectivity index (χ3n) is 14.3. The molecule has 79 heavy (non-hydrogen) atoms. The van der Waals surface area contributed by atoms with Crippen molar-refractivity contribution in [3.8, 4) is 0 Å². The van der Waals surface area contributed by atoms with Gasteiger partial charge in [-0.2, -0.15) is 0 Å². The molecule has 1 aliphatic heterocycles. The van der Waals surface area contributed by atoms with Gasteiger partial charge in [-0.05, 0) is 77.0 Å². The van der Waals surface area contributed by atoms with Crippen LogP contribution in [-0.2, 0) is 42.9 Å². The second kappa shape index (κ2) is 54.7. The largest absolute Gasteiger partial charge is 0.479 e. The van der Waals surface area contributed by atoms with E-state index < -0.39 is 67.3 Å². The second-order valence-electron chi connectivity index (χ2n) is 21.7. The number of allylic oxidation sites excluding steroid dienone is 12. The van der Waals surface area contributed by atoms with Gasteiger partial charge in [0.05, 0.1) is 6.61 Å². The maximum Gasteiger partial charge on any atom is 0.335 e. The van der Waals surface area contributed by atoms with Crippen LogP contribution in [0, 0.1) is 0 Å². The number of carbonyl (C=O) groups excluding carboxylic acids is 3. The third kappa shape index (κ3) is 44.5. The molecule has 0 aromatic rings. The standard InChI is InChI=1S/C67H114O12/c1-4-7-10-13-16-19-22-25-27-29-30-32-33-36-38-41-44-47-50-53-59(68)75-56-58(77-60(69)54-51-48-45-42-40-37-34-31-28-26-23-20-17-14-11-8-5-2)57-76-67-65(63(72)62(71)64(79-67)66(73)74)78-61(70)55-52-49-46-43-39-35-24-21-18-15-12-9-6-3/h9,12,17-18,20-21,26,28,35,39,46,49,58,62-65,67,71-72H,4-8,10-11,13-16,19,22-25,27,29-34,36-38,40-45,47-48,50-57H2,1-3H3,(H,73,74)/b12-9-,20-17-,21-18-,28-26-,39-35-,49-46-. The van der Waals surface area contributed by atoms with Gasteiger partial charge in [0.15, 0.2) is 24.6 Å². The summed E-state index contributed by atoms with van der Waals surface area (Å²) in [6.07, 6.45) is 57.4. The summed E-state index contributed by atoms with van der Waals surface area (Å²) in [5, 5.41) is 31.5. The Kier molecular flexibility index (Phi) is 50.7. The average molecular weight is 1110 g/mol. The fraction of sp³-hybridized carbons (Fsp3) is 0.761. The van der Waals surface area contributed by atoms with Crippen molar-refractivity contribution in [3.05, 3.63) is 72.9 Å². The van der Waals surface area contributed by atoms with Crippen molar-refractivity contribution in [1.29, 1.82) is 0 Å². The van der Waals surface area contributed by atoms with Gasteiger partial charge in [-0.1, -0.05) is 254 Å². The van der Waals surface area contributed by atoms with E-state index in [1.54, 1.807) is 0 Å². The molecule has 0 bridgehead atoms. The van der Waals surface area contributed by atoms with Gasteiger partial charge in [0.2, 0.25) is 0 Å². The van der Waals surface area contributed by atoms with Crippen molar-refractivity contribution in [2.24, 2.45) is 0 Å². The van der Waals surface area contributed by atoms with E-state index in [1.165, 1.54) is 128 Å². The lowest BCUT2D eigenvalue weighted by Gasteiger charge is -2.40. The van der Waals surface area contributed by atoms with E-state index in [1.807, 2.05) is 18.2 Å². The highest BCUT2D eigenvalue weighted by molar-refractivity contribution is 5.74. The zero-order valence-electron chi connectivity index (χ0n) is 50.1. The Morgan fingerprint density at radius 2 is 0.823 bits per heavy atom. The van der Waals surface area contributed by atoms with Crippen LogP contribution >= 0.6 is 0 Å². The van der Waals surface area contributed by atoms with E-state index >= 15 is 0 Å². The number of esters is 3. The number of rotatable bonds is 54. The van der Waals surface area contributed by atoms with E-state index in [4.69, 9.17) is 23.7 Å². The predicted molar refractivity (Wildman–Crippen MR) is 322 cm³/mol. The molecule has 0 spiro atoms. The number of ether oxygens (including phenoxy) is 5. The third-order valence-corrected chi connectivity index (χ3v) is 14.3. The van der Waals surface area contributed by atoms with Crippen LogP contribution < -0.4 is 0 Å². The fourth-order valence-electron chi connectivity index (χ4n) is 9.41. The lowest BCUT2D eigenvalue weighted by atomic mass is 9.98. The van der Waals surface area contributed by atoms with Gasteiger partial charge in [-0.15, -0.1) is 0 Å². The minimum atomic E-state index is -1.93. The van der Waals surface area contributed by atoms with Crippen molar-refractivity contribution in [1.82, 2.24) is 0 Å². The number of carbonyl (C=O) groups is 4. The molecule has 6 atom stereocenters. The summed E-state index contributed by atoms with van der Waals surface area (Å²) < 4.78 is 28.4. The number of hydrogen-bond acceptors (Lipinski definition) is 11. The van der Waals surface area contributed by atoms with Crippen molar-refractivity contribution in [3.63, 3.8) is 0 Å². The summed E-state index contributed by atoms with van der Waals surface area (Å²) in [5.41, 5.74) is 0. The van der Waals surface area contributed by atoms with E-state index in [9.17, 15) is 34.5 Å². The van der Waals surface area contributed by atoms with Crippen LogP contribution in [-0.4, -0.2) is 89.2 Å². The van der Waals surface area contributed by atoms with Crippen LogP contribution in [0.3, 0.4) is 0 Å². The van der Waals surface area contributed by atoms with E-state index in [0.717, 1.165) is 83.5 Å². The molecule has 1 rings (SSSR count). The molecule has 0 radical (unpaired) electrons. The first-order valence-corrected chi connectivity index (χ1v) is 31.9. The molecule has 0 aromatic heterocycles. The maximum atomic E-state index is 13.2. The Balaban J connectivity index is 2.68. The van der Waals surface area contributed by atoms with Crippen molar-refractivity contribution in [2.45, 2.75) is 314 Å². The zero-order valence-corrected chi connectivity index (χ0v) is 50.1. The van der Waals surface area contributed by atoms with Gasteiger partial charge < -0.3 is 39.0 Å². The number of hydrogen-bond donors (Lipinski definition) is 3. The van der Waals surface area contributed by atoms with Crippen molar-refractivity contribution in [2.75, 3.05) is 13.2 Å². The lowest BCUT2D eigenvalue weighted by Crippen LogP contribution is -2.61. The molecule has 0 saturated carbocycles. The molecule has 0 aliphatic carbocycles. The van der Waals surface area contributed by atoms with E-state index in [2.05, 4.69) is 75.5 Å². The molecule has 0 amide bonds. The summed E-state index contributed by atoms with van der Waals surface area (Å²) in [4.78, 5) is 51.2. The molecule has 1 saturated heterocycles. The monoisotopic (exact) mass is 1110 g/mol. The van der Waals surface area contributed by atoms with E-state index in [-0.39, 0.29) is 25.9 Å². The van der Waals surface area contributed by atoms with Gasteiger partial charge >= 0.3 is 23.9 Å². The summed E-state index contributed by atoms with van der Waals surface area (Å²) in [7, 11) is 0. The van der Waals surface area contributed by atoms with Crippen LogP contribution in [0.2, 0.25) is 0 Å². The summed E-state index contributed by atoms with van der Waals surface area (Å²) in [6.45, 7) is 5.84. The Labute approximate surface area is 480 Å². The average Bonchev–Trinajstić information content (AvgIpc) is 3.46. The number of carboxylic acid groups (broad SMARTS) is 1. The first-order chi connectivity index (χ1) is 38.6. The summed E-state index contributed by atoms with van der Waals surface area (Å²) >= 11 is 0. The number of carboxylic acids is 1. The Bertz CT molecular complexity index is 1650. The maximum absolute atomic E-state index is 13.2. The highest BCUT2D eigenvalue weighted by Gasteiger charge is 2.50. The molecule has 3 N–H and O–H groups in total. The Hall–Kier alpha value is -3.84. The molecule has 1 heterocycles. The number of aliphatic hydroxyl groups excluding tert-OH is 2. The van der Waals surface area contributed by atoms with Crippen LogP contribution in [0.15, 0.2) is 72.9 Å². The quantitative estimate of drug-likeness (QED) is 0.0228. The molecule has 454 valence electrons. The molecular weight excluding hydrogens is 997 g/mol. The molecule has 1 fully saturated rings. The SMILES string of the molecule is CC/C=C\C/C=C\C/C=C\C/C=C\CCC(=O)OC1C(OCC(COC(=O)CCCCCCCCCCCCCCCCCCCCC)OC(=O)CCCCCCCCC/C=C\C/C=C\CCCCC)OC(C(=O)O)C(O)C1O. The van der Waals surface area contributed by atoms with Gasteiger partial charge in [0.25, 0.3) is 0 Å². The molecule has 12 heteroatoms. The van der Waals surface area contributed by atoms with Crippen LogP contribution in [0.5, 0.6) is 0 Å². The topological polar surface area (TPSA) is 175 Å². The van der Waals surface area contributed by atoms with Gasteiger partial charge in [0.1, 0.15) is 18.8 Å². The Morgan fingerprint density at radius 1 is 0.430 bits per heavy atom. The zero-order chi connectivity index (χ0) is 57.5. The lowest BCUT2D eigenvalue weighted by molar-refractivity contribution is -0.301. The van der Waals surface area contributed by atoms with Crippen LogP contribution in [0.25, 0.3) is 0 Å². The smallest absolute Gasteiger partial charge is 0.335 e. The molecule has 6 unspecified atom stereocenters. The molecule has 0 aromatic carbocycles. The highest BCUT2D eigenvalue weighted by atomic mass is 16.7. The molecule has 1 aliphatic rings. The first-order valence-electron chi connectivity index (χ1n) is 31.9. The normalized spacial score (nSPS) is 18.3. The predicted octanol–water partition coefficient (Wildman–Crippen LogP) is 16.9. The number of unbranched alkanes of at least 4 members (excludes halogenated alkanes) is 28. The molecular formula is C67H114O12. The minimum Gasteiger partial charge on any atom is -0.479 e. The highest BCUT2D eigenvalue weighted by Crippen LogP contribution is 2.26. The van der Waals surface area contributed by atoms with Gasteiger partial charge in [0, 0.05) is 19.3 Å². The Morgan fingerprint density at radius 3 is 1.29 bits per heavy atom. The summed E-state index contributed by atoms with van der Waals surface area (Å²) in [5.74, 6) is -3.22. The van der Waals surface area contributed by atoms with Crippen molar-refractivity contribution < 1.29 is 58.2 Å². The van der Waals surface area contributed by atoms with Gasteiger partial charge in [-0.3, -0.25) is 14.4 Å². The number of aliphatic hydroxyl groups is 2. The minimum absolute atomic E-state index is 0.0620. The summed E-state index contributed by atoms with van der Waals surface area (Å²) in [6, 6.07) is 0. The first kappa shape index (κ1) is 73.2. The van der Waals surface area contributed by atoms with Crippen LogP contribution in [0.1, 0.15) is 278 Å². The molecule has 12 nitrogen and oxygen atoms in total. The second-order valence-corrected chi connectivity index (χ2v) is 21.7. The van der Waals surface area contributed by atoms with E-state index in [0.29, 0.717) is 25.7 Å².